The molecule has 0 saturated carbocycles. The maximum atomic E-state index is 12.4. The van der Waals surface area contributed by atoms with E-state index in [4.69, 9.17) is 4.74 Å². The lowest BCUT2D eigenvalue weighted by Crippen LogP contribution is -2.50. The van der Waals surface area contributed by atoms with Crippen LogP contribution < -0.4 is 0 Å². The summed E-state index contributed by atoms with van der Waals surface area (Å²) in [7, 11) is 0. The number of hydrogen-bond acceptors (Lipinski definition) is 4. The molecular formula is C13H22N4O2. The molecule has 1 fully saturated rings. The van der Waals surface area contributed by atoms with E-state index in [-0.39, 0.29) is 22.7 Å². The normalized spacial score (nSPS) is 19.5. The summed E-state index contributed by atoms with van der Waals surface area (Å²) in [5.41, 5.74) is -0.452. The summed E-state index contributed by atoms with van der Waals surface area (Å²) < 4.78 is 5.60. The number of aromatic nitrogens is 3. The lowest BCUT2D eigenvalue weighted by Gasteiger charge is -2.37. The summed E-state index contributed by atoms with van der Waals surface area (Å²) in [6.45, 7) is 11.7. The molecule has 1 aromatic heterocycles. The lowest BCUT2D eigenvalue weighted by molar-refractivity contribution is -0.0766. The van der Waals surface area contributed by atoms with Gasteiger partial charge in [-0.1, -0.05) is 20.8 Å². The predicted molar refractivity (Wildman–Crippen MR) is 71.0 cm³/mol. The number of nitrogens with one attached hydrogen (secondary N) is 1. The lowest BCUT2D eigenvalue weighted by atomic mass is 9.96. The van der Waals surface area contributed by atoms with Crippen LogP contribution in [0.5, 0.6) is 0 Å². The van der Waals surface area contributed by atoms with Crippen molar-refractivity contribution in [3.8, 4) is 0 Å². The molecule has 1 amide bonds. The zero-order valence-electron chi connectivity index (χ0n) is 12.3. The molecule has 0 bridgehead atoms. The van der Waals surface area contributed by atoms with Gasteiger partial charge in [-0.2, -0.15) is 0 Å². The van der Waals surface area contributed by atoms with Gasteiger partial charge in [0.15, 0.2) is 0 Å². The Bertz CT molecular complexity index is 473. The first kappa shape index (κ1) is 14.0. The molecular weight excluding hydrogens is 244 g/mol. The summed E-state index contributed by atoms with van der Waals surface area (Å²) >= 11 is 0. The first-order valence-corrected chi connectivity index (χ1v) is 6.55. The van der Waals surface area contributed by atoms with Gasteiger partial charge in [-0.05, 0) is 13.8 Å². The van der Waals surface area contributed by atoms with Crippen molar-refractivity contribution in [2.45, 2.75) is 45.6 Å². The van der Waals surface area contributed by atoms with Crippen LogP contribution in [0.25, 0.3) is 0 Å². The van der Waals surface area contributed by atoms with Crippen LogP contribution in [0.4, 0.5) is 0 Å². The molecule has 6 nitrogen and oxygen atoms in total. The maximum Gasteiger partial charge on any atom is 0.293 e. The molecule has 1 N–H and O–H groups in total. The zero-order chi connectivity index (χ0) is 14.3. The second-order valence-electron chi connectivity index (χ2n) is 6.59. The Labute approximate surface area is 113 Å². The number of ether oxygens (including phenoxy) is 1. The topological polar surface area (TPSA) is 71.1 Å². The Morgan fingerprint density at radius 1 is 1.42 bits per heavy atom. The third-order valence-corrected chi connectivity index (χ3v) is 3.10. The van der Waals surface area contributed by atoms with Gasteiger partial charge in [-0.15, -0.1) is 5.10 Å². The van der Waals surface area contributed by atoms with Gasteiger partial charge in [-0.25, -0.2) is 4.98 Å². The number of amides is 1. The van der Waals surface area contributed by atoms with E-state index in [0.717, 1.165) is 5.82 Å². The van der Waals surface area contributed by atoms with E-state index in [2.05, 4.69) is 15.2 Å². The number of aromatic amines is 1. The highest BCUT2D eigenvalue weighted by Gasteiger charge is 2.32. The molecule has 0 aromatic carbocycles. The Balaban J connectivity index is 2.14. The number of carbonyl (C=O) groups excluding carboxylic acids is 1. The van der Waals surface area contributed by atoms with Gasteiger partial charge in [0.05, 0.1) is 12.2 Å². The van der Waals surface area contributed by atoms with E-state index in [1.54, 1.807) is 4.90 Å². The SMILES string of the molecule is CC1(C)CN(C(=O)c2n[nH]c(C(C)(C)C)n2)CCO1. The van der Waals surface area contributed by atoms with Gasteiger partial charge in [0.25, 0.3) is 5.91 Å². The quantitative estimate of drug-likeness (QED) is 0.833. The van der Waals surface area contributed by atoms with E-state index in [9.17, 15) is 4.79 Å². The van der Waals surface area contributed by atoms with Crippen molar-refractivity contribution in [2.75, 3.05) is 19.7 Å². The Kier molecular flexibility index (Phi) is 3.38. The molecule has 0 spiro atoms. The smallest absolute Gasteiger partial charge is 0.293 e. The Morgan fingerprint density at radius 3 is 2.63 bits per heavy atom. The number of nitrogens with zero attached hydrogens (tertiary/aromatic N) is 3. The fourth-order valence-electron chi connectivity index (χ4n) is 2.02. The average Bonchev–Trinajstić information content (AvgIpc) is 2.75. The van der Waals surface area contributed by atoms with E-state index >= 15 is 0 Å². The summed E-state index contributed by atoms with van der Waals surface area (Å²) in [5, 5.41) is 6.88. The number of hydrogen-bond donors (Lipinski definition) is 1. The van der Waals surface area contributed by atoms with Crippen molar-refractivity contribution in [2.24, 2.45) is 0 Å². The molecule has 106 valence electrons. The zero-order valence-corrected chi connectivity index (χ0v) is 12.3. The van der Waals surface area contributed by atoms with E-state index in [0.29, 0.717) is 19.7 Å². The second kappa shape index (κ2) is 4.59. The number of H-pyrrole nitrogens is 1. The van der Waals surface area contributed by atoms with Crippen LogP contribution in [0.2, 0.25) is 0 Å². The molecule has 19 heavy (non-hydrogen) atoms. The number of morpholine rings is 1. The molecule has 2 rings (SSSR count). The van der Waals surface area contributed by atoms with Gasteiger partial charge >= 0.3 is 0 Å². The largest absolute Gasteiger partial charge is 0.372 e. The van der Waals surface area contributed by atoms with Crippen molar-refractivity contribution in [3.05, 3.63) is 11.6 Å². The van der Waals surface area contributed by atoms with Crippen LogP contribution in [-0.4, -0.2) is 51.3 Å². The van der Waals surface area contributed by atoms with Crippen LogP contribution in [0.3, 0.4) is 0 Å². The summed E-state index contributed by atoms with van der Waals surface area (Å²) in [4.78, 5) is 18.4. The molecule has 1 aromatic rings. The summed E-state index contributed by atoms with van der Waals surface area (Å²) in [6, 6.07) is 0. The molecule has 2 heterocycles. The minimum atomic E-state index is -0.308. The molecule has 1 aliphatic rings. The first-order valence-electron chi connectivity index (χ1n) is 6.55. The van der Waals surface area contributed by atoms with E-state index in [1.165, 1.54) is 0 Å². The third kappa shape index (κ3) is 3.12. The minimum Gasteiger partial charge on any atom is -0.372 e. The van der Waals surface area contributed by atoms with Crippen molar-refractivity contribution in [1.29, 1.82) is 0 Å². The molecule has 1 saturated heterocycles. The highest BCUT2D eigenvalue weighted by Crippen LogP contribution is 2.20. The molecule has 0 radical (unpaired) electrons. The van der Waals surface area contributed by atoms with Crippen molar-refractivity contribution >= 4 is 5.91 Å². The average molecular weight is 266 g/mol. The van der Waals surface area contributed by atoms with Crippen LogP contribution >= 0.6 is 0 Å². The van der Waals surface area contributed by atoms with Gasteiger partial charge in [0, 0.05) is 18.5 Å². The fraction of sp³-hybridized carbons (Fsp3) is 0.769. The van der Waals surface area contributed by atoms with Crippen LogP contribution in [0.1, 0.15) is 51.1 Å². The summed E-state index contributed by atoms with van der Waals surface area (Å²) in [5.74, 6) is 0.828. The third-order valence-electron chi connectivity index (χ3n) is 3.10. The number of rotatable bonds is 1. The van der Waals surface area contributed by atoms with Gasteiger partial charge in [0.2, 0.25) is 5.82 Å². The predicted octanol–water partition coefficient (Wildman–Crippen LogP) is 1.35. The number of carbonyl (C=O) groups is 1. The van der Waals surface area contributed by atoms with Crippen molar-refractivity contribution < 1.29 is 9.53 Å². The van der Waals surface area contributed by atoms with Gasteiger partial charge in [0.1, 0.15) is 5.82 Å². The van der Waals surface area contributed by atoms with E-state index in [1.807, 2.05) is 34.6 Å². The fourth-order valence-corrected chi connectivity index (χ4v) is 2.02. The van der Waals surface area contributed by atoms with Crippen molar-refractivity contribution in [3.63, 3.8) is 0 Å². The highest BCUT2D eigenvalue weighted by atomic mass is 16.5. The first-order chi connectivity index (χ1) is 8.69. The van der Waals surface area contributed by atoms with Crippen LogP contribution in [0.15, 0.2) is 0 Å². The molecule has 0 atom stereocenters. The van der Waals surface area contributed by atoms with E-state index < -0.39 is 0 Å². The Morgan fingerprint density at radius 2 is 2.11 bits per heavy atom. The summed E-state index contributed by atoms with van der Waals surface area (Å²) in [6.07, 6.45) is 0. The molecule has 1 aliphatic heterocycles. The van der Waals surface area contributed by atoms with Crippen LogP contribution in [0, 0.1) is 0 Å². The van der Waals surface area contributed by atoms with Crippen LogP contribution in [-0.2, 0) is 10.2 Å². The minimum absolute atomic E-state index is 0.136. The standard InChI is InChI=1S/C13H22N4O2/c1-12(2,3)11-14-9(15-16-11)10(18)17-6-7-19-13(4,5)8-17/h6-8H2,1-5H3,(H,14,15,16). The molecule has 0 unspecified atom stereocenters. The Hall–Kier alpha value is -1.43. The second-order valence-corrected chi connectivity index (χ2v) is 6.59. The van der Waals surface area contributed by atoms with Gasteiger partial charge < -0.3 is 9.64 Å². The molecule has 6 heteroatoms. The highest BCUT2D eigenvalue weighted by molar-refractivity contribution is 5.90. The maximum absolute atomic E-state index is 12.4. The molecule has 0 aliphatic carbocycles. The van der Waals surface area contributed by atoms with Gasteiger partial charge in [-0.3, -0.25) is 9.89 Å². The van der Waals surface area contributed by atoms with Crippen molar-refractivity contribution in [1.82, 2.24) is 20.1 Å². The monoisotopic (exact) mass is 266 g/mol.